The third-order valence-corrected chi connectivity index (χ3v) is 2.50. The van der Waals surface area contributed by atoms with E-state index >= 15 is 0 Å². The lowest BCUT2D eigenvalue weighted by atomic mass is 10.1. The highest BCUT2D eigenvalue weighted by molar-refractivity contribution is 4.75. The van der Waals surface area contributed by atoms with Crippen molar-refractivity contribution in [2.75, 3.05) is 20.6 Å². The first-order valence-electron chi connectivity index (χ1n) is 4.63. The van der Waals surface area contributed by atoms with Crippen LogP contribution in [-0.2, 0) is 0 Å². The van der Waals surface area contributed by atoms with Crippen molar-refractivity contribution < 1.29 is 16.9 Å². The normalized spacial score (nSPS) is 12.8. The summed E-state index contributed by atoms with van der Waals surface area (Å²) in [6, 6.07) is 0.681. The first-order valence-corrected chi connectivity index (χ1v) is 4.63. The monoisotopic (exact) mass is 203 g/mol. The lowest BCUT2D eigenvalue weighted by molar-refractivity contribution is -0.909. The molecule has 0 aliphatic heterocycles. The fourth-order valence-electron chi connectivity index (χ4n) is 1.62. The van der Waals surface area contributed by atoms with Crippen molar-refractivity contribution in [2.45, 2.75) is 25.8 Å². The van der Waals surface area contributed by atoms with Gasteiger partial charge in [0.25, 0.3) is 0 Å². The summed E-state index contributed by atoms with van der Waals surface area (Å²) < 4.78 is 1.02. The van der Waals surface area contributed by atoms with E-state index in [2.05, 4.69) is 34.2 Å². The highest BCUT2D eigenvalue weighted by Gasteiger charge is 2.23. The van der Waals surface area contributed by atoms with Crippen LogP contribution in [0.15, 0.2) is 25.3 Å². The first kappa shape index (κ1) is 15.2. The summed E-state index contributed by atoms with van der Waals surface area (Å²) in [5, 5.41) is 0. The zero-order valence-corrected chi connectivity index (χ0v) is 9.85. The van der Waals surface area contributed by atoms with E-state index in [0.29, 0.717) is 6.04 Å². The standard InChI is InChI=1S/C11H22N.ClH/c1-6-9-11(8-3)12(4,5)10-7-2;/h6-7,11H,1-2,8-10H2,3-5H3;1H/q+1;/p-1. The minimum absolute atomic E-state index is 0. The average Bonchev–Trinajstić information content (AvgIpc) is 1.99. The molecule has 0 rings (SSSR count). The van der Waals surface area contributed by atoms with Gasteiger partial charge in [0.15, 0.2) is 0 Å². The lowest BCUT2D eigenvalue weighted by Gasteiger charge is -2.36. The summed E-state index contributed by atoms with van der Waals surface area (Å²) in [7, 11) is 4.50. The summed E-state index contributed by atoms with van der Waals surface area (Å²) in [6.45, 7) is 10.8. The van der Waals surface area contributed by atoms with Crippen molar-refractivity contribution >= 4 is 0 Å². The molecule has 0 N–H and O–H groups in total. The van der Waals surface area contributed by atoms with Crippen LogP contribution >= 0.6 is 0 Å². The van der Waals surface area contributed by atoms with Crippen LogP contribution < -0.4 is 12.4 Å². The van der Waals surface area contributed by atoms with E-state index < -0.39 is 0 Å². The Balaban J connectivity index is 0. The number of quaternary nitrogens is 1. The Hall–Kier alpha value is -0.270. The van der Waals surface area contributed by atoms with Crippen molar-refractivity contribution in [3.8, 4) is 0 Å². The van der Waals surface area contributed by atoms with E-state index in [9.17, 15) is 0 Å². The summed E-state index contributed by atoms with van der Waals surface area (Å²) in [4.78, 5) is 0. The predicted molar refractivity (Wildman–Crippen MR) is 56.1 cm³/mol. The number of nitrogens with zero attached hydrogens (tertiary/aromatic N) is 1. The van der Waals surface area contributed by atoms with Crippen LogP contribution in [0, 0.1) is 0 Å². The van der Waals surface area contributed by atoms with E-state index in [-0.39, 0.29) is 12.4 Å². The predicted octanol–water partition coefficient (Wildman–Crippen LogP) is -0.392. The quantitative estimate of drug-likeness (QED) is 0.408. The maximum Gasteiger partial charge on any atom is 0.0969 e. The van der Waals surface area contributed by atoms with Gasteiger partial charge >= 0.3 is 0 Å². The Bertz CT molecular complexity index is 152. The molecule has 13 heavy (non-hydrogen) atoms. The number of likely N-dealkylation sites (N-methyl/N-ethyl adjacent to an activating group) is 1. The third-order valence-electron chi connectivity index (χ3n) is 2.50. The van der Waals surface area contributed by atoms with Gasteiger partial charge in [-0.05, 0) is 12.5 Å². The van der Waals surface area contributed by atoms with Gasteiger partial charge in [-0.3, -0.25) is 0 Å². The fraction of sp³-hybridized carbons (Fsp3) is 0.636. The van der Waals surface area contributed by atoms with Gasteiger partial charge in [0.1, 0.15) is 0 Å². The molecule has 0 bridgehead atoms. The van der Waals surface area contributed by atoms with E-state index in [1.165, 1.54) is 6.42 Å². The highest BCUT2D eigenvalue weighted by Crippen LogP contribution is 2.14. The lowest BCUT2D eigenvalue weighted by Crippen LogP contribution is -3.00. The molecule has 0 saturated carbocycles. The molecule has 0 aliphatic carbocycles. The molecule has 1 unspecified atom stereocenters. The van der Waals surface area contributed by atoms with Gasteiger partial charge in [-0.25, -0.2) is 0 Å². The van der Waals surface area contributed by atoms with Crippen molar-refractivity contribution in [1.29, 1.82) is 0 Å². The van der Waals surface area contributed by atoms with Crippen LogP contribution in [0.25, 0.3) is 0 Å². The Morgan fingerprint density at radius 3 is 2.08 bits per heavy atom. The van der Waals surface area contributed by atoms with Crippen molar-refractivity contribution in [1.82, 2.24) is 0 Å². The molecule has 0 aliphatic rings. The van der Waals surface area contributed by atoms with Crippen LogP contribution in [0.5, 0.6) is 0 Å². The Labute approximate surface area is 89.1 Å². The molecule has 0 heterocycles. The number of rotatable bonds is 6. The minimum Gasteiger partial charge on any atom is -1.00 e. The molecule has 78 valence electrons. The molecule has 0 saturated heterocycles. The SMILES string of the molecule is C=CCC(CC)[N+](C)(C)CC=C.[Cl-]. The molecule has 0 amide bonds. The minimum atomic E-state index is 0. The van der Waals surface area contributed by atoms with Crippen LogP contribution in [-0.4, -0.2) is 31.2 Å². The maximum atomic E-state index is 3.79. The Kier molecular flexibility index (Phi) is 8.38. The van der Waals surface area contributed by atoms with Gasteiger partial charge in [0, 0.05) is 6.42 Å². The van der Waals surface area contributed by atoms with Crippen LogP contribution in [0.2, 0.25) is 0 Å². The van der Waals surface area contributed by atoms with Crippen LogP contribution in [0.4, 0.5) is 0 Å². The van der Waals surface area contributed by atoms with Gasteiger partial charge in [0.05, 0.1) is 26.7 Å². The number of hydrogen-bond donors (Lipinski definition) is 0. The molecule has 1 atom stereocenters. The molecule has 1 nitrogen and oxygen atoms in total. The Morgan fingerprint density at radius 2 is 1.77 bits per heavy atom. The van der Waals surface area contributed by atoms with E-state index in [1.54, 1.807) is 0 Å². The van der Waals surface area contributed by atoms with Gasteiger partial charge in [-0.1, -0.05) is 19.6 Å². The van der Waals surface area contributed by atoms with Gasteiger partial charge in [0.2, 0.25) is 0 Å². The topological polar surface area (TPSA) is 0 Å². The molecule has 0 aromatic heterocycles. The van der Waals surface area contributed by atoms with Gasteiger partial charge in [-0.2, -0.15) is 0 Å². The van der Waals surface area contributed by atoms with E-state index in [1.807, 2.05) is 12.2 Å². The molecular weight excluding hydrogens is 182 g/mol. The summed E-state index contributed by atoms with van der Waals surface area (Å²) in [5.41, 5.74) is 0. The van der Waals surface area contributed by atoms with E-state index in [0.717, 1.165) is 17.4 Å². The zero-order valence-electron chi connectivity index (χ0n) is 9.09. The molecule has 0 aromatic rings. The second-order valence-corrected chi connectivity index (χ2v) is 3.84. The van der Waals surface area contributed by atoms with Gasteiger partial charge < -0.3 is 16.9 Å². The van der Waals surface area contributed by atoms with Crippen molar-refractivity contribution in [3.63, 3.8) is 0 Å². The smallest absolute Gasteiger partial charge is 0.0969 e. The molecule has 0 radical (unpaired) electrons. The summed E-state index contributed by atoms with van der Waals surface area (Å²) in [5.74, 6) is 0. The second kappa shape index (κ2) is 7.16. The molecule has 0 spiro atoms. The van der Waals surface area contributed by atoms with Crippen molar-refractivity contribution in [2.24, 2.45) is 0 Å². The summed E-state index contributed by atoms with van der Waals surface area (Å²) in [6.07, 6.45) is 6.30. The van der Waals surface area contributed by atoms with Crippen LogP contribution in [0.1, 0.15) is 19.8 Å². The third kappa shape index (κ3) is 5.12. The Morgan fingerprint density at radius 1 is 1.23 bits per heavy atom. The zero-order chi connectivity index (χ0) is 9.61. The van der Waals surface area contributed by atoms with Crippen molar-refractivity contribution in [3.05, 3.63) is 25.3 Å². The van der Waals surface area contributed by atoms with Crippen LogP contribution in [0.3, 0.4) is 0 Å². The second-order valence-electron chi connectivity index (χ2n) is 3.84. The largest absolute Gasteiger partial charge is 1.00 e. The molecule has 0 fully saturated rings. The maximum absolute atomic E-state index is 3.79. The molecular formula is C11H22ClN. The molecule has 2 heteroatoms. The average molecular weight is 204 g/mol. The number of halogens is 1. The summed E-state index contributed by atoms with van der Waals surface area (Å²) >= 11 is 0. The van der Waals surface area contributed by atoms with E-state index in [4.69, 9.17) is 0 Å². The fourth-order valence-corrected chi connectivity index (χ4v) is 1.62. The first-order chi connectivity index (χ1) is 5.58. The molecule has 0 aromatic carbocycles. The number of hydrogen-bond acceptors (Lipinski definition) is 0. The van der Waals surface area contributed by atoms with Gasteiger partial charge in [-0.15, -0.1) is 6.58 Å². The highest BCUT2D eigenvalue weighted by atomic mass is 35.5.